The van der Waals surface area contributed by atoms with E-state index in [0.29, 0.717) is 36.5 Å². The van der Waals surface area contributed by atoms with Gasteiger partial charge in [0.2, 0.25) is 0 Å². The second-order valence-electron chi connectivity index (χ2n) is 7.81. The third-order valence-corrected chi connectivity index (χ3v) is 5.53. The maximum atomic E-state index is 12.7. The van der Waals surface area contributed by atoms with E-state index in [4.69, 9.17) is 14.2 Å². The van der Waals surface area contributed by atoms with Crippen LogP contribution >= 0.6 is 0 Å². The first-order chi connectivity index (χ1) is 15.0. The molecule has 0 fully saturated rings. The van der Waals surface area contributed by atoms with Crippen molar-refractivity contribution in [3.8, 4) is 11.5 Å². The van der Waals surface area contributed by atoms with Crippen LogP contribution in [-0.4, -0.2) is 30.0 Å². The number of ketones is 1. The molecule has 2 atom stereocenters. The molecule has 160 valence electrons. The van der Waals surface area contributed by atoms with Gasteiger partial charge in [-0.2, -0.15) is 0 Å². The third kappa shape index (κ3) is 4.85. The summed E-state index contributed by atoms with van der Waals surface area (Å²) in [6, 6.07) is 17.2. The van der Waals surface area contributed by atoms with E-state index < -0.39 is 0 Å². The Labute approximate surface area is 181 Å². The fraction of sp³-hybridized carbons (Fsp3) is 0.320. The van der Waals surface area contributed by atoms with Crippen LogP contribution in [0.5, 0.6) is 11.5 Å². The first kappa shape index (κ1) is 20.8. The van der Waals surface area contributed by atoms with Crippen molar-refractivity contribution in [1.82, 2.24) is 4.98 Å². The van der Waals surface area contributed by atoms with Gasteiger partial charge in [-0.3, -0.25) is 9.59 Å². The molecule has 2 unspecified atom stereocenters. The molecule has 2 aromatic carbocycles. The molecule has 2 heterocycles. The topological polar surface area (TPSA) is 74.7 Å². The van der Waals surface area contributed by atoms with Crippen LogP contribution < -0.4 is 9.47 Å². The Balaban J connectivity index is 1.39. The minimum atomic E-state index is -0.245. The fourth-order valence-corrected chi connectivity index (χ4v) is 3.72. The number of ether oxygens (including phenoxy) is 3. The number of para-hydroxylation sites is 1. The van der Waals surface area contributed by atoms with Gasteiger partial charge in [-0.05, 0) is 43.2 Å². The Morgan fingerprint density at radius 1 is 1.19 bits per heavy atom. The molecule has 0 aliphatic carbocycles. The Bertz CT molecular complexity index is 1110. The Hall–Kier alpha value is -3.41. The van der Waals surface area contributed by atoms with Gasteiger partial charge < -0.3 is 14.2 Å². The third-order valence-electron chi connectivity index (χ3n) is 5.53. The van der Waals surface area contributed by atoms with Crippen molar-refractivity contribution in [1.29, 1.82) is 0 Å². The number of hydrogen-bond donors (Lipinski definition) is 0. The number of pyridine rings is 1. The standard InChI is InChI=1S/C25H25NO5/c1-16(25(28)29-2)7-10-20-14-23(27)21-13-19(11-12-24(21)31-20)30-15-18-9-8-17-5-3-4-6-22(17)26-18/h3-6,8-9,11-13,16,20H,7,10,14-15H2,1-2H3. The van der Waals surface area contributed by atoms with E-state index in [1.54, 1.807) is 18.2 Å². The van der Waals surface area contributed by atoms with Gasteiger partial charge in [-0.15, -0.1) is 0 Å². The summed E-state index contributed by atoms with van der Waals surface area (Å²) < 4.78 is 16.6. The van der Waals surface area contributed by atoms with Gasteiger partial charge >= 0.3 is 5.97 Å². The van der Waals surface area contributed by atoms with Crippen LogP contribution in [0.15, 0.2) is 54.6 Å². The maximum Gasteiger partial charge on any atom is 0.308 e. The lowest BCUT2D eigenvalue weighted by atomic mass is 9.95. The lowest BCUT2D eigenvalue weighted by Crippen LogP contribution is -2.28. The SMILES string of the molecule is COC(=O)C(C)CCC1CC(=O)c2cc(OCc3ccc4ccccc4n3)ccc2O1. The molecule has 6 heteroatoms. The molecule has 0 saturated heterocycles. The summed E-state index contributed by atoms with van der Waals surface area (Å²) in [5.74, 6) is 0.715. The zero-order valence-corrected chi connectivity index (χ0v) is 17.7. The highest BCUT2D eigenvalue weighted by Crippen LogP contribution is 2.33. The van der Waals surface area contributed by atoms with E-state index in [-0.39, 0.29) is 30.2 Å². The molecule has 31 heavy (non-hydrogen) atoms. The molecule has 3 aromatic rings. The first-order valence-corrected chi connectivity index (χ1v) is 10.4. The highest BCUT2D eigenvalue weighted by molar-refractivity contribution is 6.00. The van der Waals surface area contributed by atoms with Gasteiger partial charge in [0.25, 0.3) is 0 Å². The summed E-state index contributed by atoms with van der Waals surface area (Å²) in [6.07, 6.45) is 1.28. The van der Waals surface area contributed by atoms with Crippen LogP contribution in [0.3, 0.4) is 0 Å². The number of carbonyl (C=O) groups excluding carboxylic acids is 2. The van der Waals surface area contributed by atoms with Crippen LogP contribution in [0.4, 0.5) is 0 Å². The molecule has 0 spiro atoms. The van der Waals surface area contributed by atoms with Gasteiger partial charge in [0.05, 0.1) is 29.8 Å². The van der Waals surface area contributed by atoms with Crippen molar-refractivity contribution in [2.45, 2.75) is 38.9 Å². The van der Waals surface area contributed by atoms with E-state index in [9.17, 15) is 9.59 Å². The monoisotopic (exact) mass is 419 g/mol. The minimum Gasteiger partial charge on any atom is -0.489 e. The summed E-state index contributed by atoms with van der Waals surface area (Å²) in [7, 11) is 1.38. The number of fused-ring (bicyclic) bond motifs is 2. The molecule has 0 saturated carbocycles. The average Bonchev–Trinajstić information content (AvgIpc) is 2.80. The van der Waals surface area contributed by atoms with Crippen molar-refractivity contribution in [2.24, 2.45) is 5.92 Å². The van der Waals surface area contributed by atoms with Crippen LogP contribution in [0.2, 0.25) is 0 Å². The van der Waals surface area contributed by atoms with Gasteiger partial charge in [-0.25, -0.2) is 4.98 Å². The molecule has 4 rings (SSSR count). The van der Waals surface area contributed by atoms with Crippen molar-refractivity contribution in [3.63, 3.8) is 0 Å². The number of rotatable bonds is 7. The number of methoxy groups -OCH3 is 1. The quantitative estimate of drug-likeness (QED) is 0.515. The van der Waals surface area contributed by atoms with Gasteiger partial charge in [0.1, 0.15) is 24.2 Å². The van der Waals surface area contributed by atoms with E-state index in [0.717, 1.165) is 16.6 Å². The number of Topliss-reactive ketones (excluding diaryl/α,β-unsaturated/α-hetero) is 1. The van der Waals surface area contributed by atoms with E-state index in [2.05, 4.69) is 4.98 Å². The van der Waals surface area contributed by atoms with Crippen molar-refractivity contribution >= 4 is 22.7 Å². The molecular weight excluding hydrogens is 394 g/mol. The van der Waals surface area contributed by atoms with Crippen LogP contribution in [0, 0.1) is 5.92 Å². The summed E-state index contributed by atoms with van der Waals surface area (Å²) >= 11 is 0. The molecule has 0 amide bonds. The number of hydrogen-bond acceptors (Lipinski definition) is 6. The second-order valence-corrected chi connectivity index (χ2v) is 7.81. The number of esters is 1. The molecule has 1 aliphatic rings. The Morgan fingerprint density at radius 2 is 2.03 bits per heavy atom. The first-order valence-electron chi connectivity index (χ1n) is 10.4. The lowest BCUT2D eigenvalue weighted by molar-refractivity contribution is -0.145. The number of benzene rings is 2. The van der Waals surface area contributed by atoms with Crippen LogP contribution in [0.1, 0.15) is 42.2 Å². The highest BCUT2D eigenvalue weighted by Gasteiger charge is 2.28. The van der Waals surface area contributed by atoms with Gasteiger partial charge in [-0.1, -0.05) is 31.2 Å². The lowest BCUT2D eigenvalue weighted by Gasteiger charge is -2.26. The molecule has 6 nitrogen and oxygen atoms in total. The van der Waals surface area contributed by atoms with Gasteiger partial charge in [0.15, 0.2) is 5.78 Å². The second kappa shape index (κ2) is 9.16. The molecule has 0 N–H and O–H groups in total. The summed E-state index contributed by atoms with van der Waals surface area (Å²) in [6.45, 7) is 2.13. The Morgan fingerprint density at radius 3 is 2.87 bits per heavy atom. The summed E-state index contributed by atoms with van der Waals surface area (Å²) in [4.78, 5) is 28.8. The number of carbonyl (C=O) groups is 2. The fourth-order valence-electron chi connectivity index (χ4n) is 3.72. The maximum absolute atomic E-state index is 12.7. The Kier molecular flexibility index (Phi) is 6.16. The van der Waals surface area contributed by atoms with E-state index in [1.807, 2.05) is 43.3 Å². The molecule has 0 radical (unpaired) electrons. The number of nitrogens with zero attached hydrogens (tertiary/aromatic N) is 1. The predicted octanol–water partition coefficient (Wildman–Crippen LogP) is 4.74. The highest BCUT2D eigenvalue weighted by atomic mass is 16.5. The van der Waals surface area contributed by atoms with Crippen molar-refractivity contribution < 1.29 is 23.8 Å². The van der Waals surface area contributed by atoms with Crippen LogP contribution in [0.25, 0.3) is 10.9 Å². The zero-order valence-electron chi connectivity index (χ0n) is 17.7. The normalized spacial score (nSPS) is 16.3. The van der Waals surface area contributed by atoms with E-state index >= 15 is 0 Å². The number of aromatic nitrogens is 1. The van der Waals surface area contributed by atoms with E-state index in [1.165, 1.54) is 7.11 Å². The molecular formula is C25H25NO5. The predicted molar refractivity (Wildman–Crippen MR) is 116 cm³/mol. The minimum absolute atomic E-state index is 0.0197. The molecule has 0 bridgehead atoms. The van der Waals surface area contributed by atoms with Crippen molar-refractivity contribution in [2.75, 3.05) is 7.11 Å². The van der Waals surface area contributed by atoms with Gasteiger partial charge in [0, 0.05) is 11.8 Å². The summed E-state index contributed by atoms with van der Waals surface area (Å²) in [5, 5.41) is 1.08. The largest absolute Gasteiger partial charge is 0.489 e. The average molecular weight is 419 g/mol. The smallest absolute Gasteiger partial charge is 0.308 e. The van der Waals surface area contributed by atoms with Crippen molar-refractivity contribution in [3.05, 3.63) is 65.9 Å². The molecule has 1 aliphatic heterocycles. The zero-order chi connectivity index (χ0) is 21.8. The summed E-state index contributed by atoms with van der Waals surface area (Å²) in [5.41, 5.74) is 2.27. The van der Waals surface area contributed by atoms with Crippen LogP contribution in [-0.2, 0) is 16.1 Å². The molecule has 1 aromatic heterocycles.